The van der Waals surface area contributed by atoms with Crippen molar-refractivity contribution < 1.29 is 0 Å². The molecule has 0 unspecified atom stereocenters. The van der Waals surface area contributed by atoms with Gasteiger partial charge < -0.3 is 0 Å². The highest BCUT2D eigenvalue weighted by Crippen LogP contribution is 2.40. The molecule has 0 fully saturated rings. The van der Waals surface area contributed by atoms with Gasteiger partial charge in [0.15, 0.2) is 0 Å². The first-order valence-electron chi connectivity index (χ1n) is 13.4. The first-order chi connectivity index (χ1) is 16.9. The molecule has 36 heavy (non-hydrogen) atoms. The van der Waals surface area contributed by atoms with Gasteiger partial charge >= 0.3 is 0 Å². The highest BCUT2D eigenvalue weighted by Gasteiger charge is 2.45. The first-order valence-corrected chi connectivity index (χ1v) is 13.4. The zero-order chi connectivity index (χ0) is 25.6. The normalized spacial score (nSPS) is 15.4. The van der Waals surface area contributed by atoms with Gasteiger partial charge in [-0.1, -0.05) is 151 Å². The second kappa shape index (κ2) is 7.48. The number of fused-ring (bicyclic) bond motifs is 5. The maximum atomic E-state index is 2.47. The monoisotopic (exact) mass is 468 g/mol. The fourth-order valence-corrected chi connectivity index (χ4v) is 6.48. The fourth-order valence-electron chi connectivity index (χ4n) is 6.48. The van der Waals surface area contributed by atoms with Crippen molar-refractivity contribution in [2.45, 2.75) is 71.6 Å². The SMILES string of the molecule is CC(C)(C)c1ccc(-c2ccc3c(c2)C(C)(C)c2cccc4c2B3c2ccc(C(C)(C)C)cc2-4)cc1. The van der Waals surface area contributed by atoms with Crippen LogP contribution in [0.3, 0.4) is 0 Å². The average molecular weight is 468 g/mol. The van der Waals surface area contributed by atoms with Crippen LogP contribution in [0.15, 0.2) is 78.9 Å². The molecular weight excluding hydrogens is 431 g/mol. The second-order valence-electron chi connectivity index (χ2n) is 13.5. The summed E-state index contributed by atoms with van der Waals surface area (Å²) in [7, 11) is 0. The van der Waals surface area contributed by atoms with Crippen molar-refractivity contribution in [3.8, 4) is 22.3 Å². The van der Waals surface area contributed by atoms with Crippen LogP contribution in [-0.2, 0) is 16.2 Å². The molecule has 0 nitrogen and oxygen atoms in total. The molecule has 2 aliphatic rings. The van der Waals surface area contributed by atoms with E-state index < -0.39 is 0 Å². The lowest BCUT2D eigenvalue weighted by atomic mass is 9.33. The Labute approximate surface area is 217 Å². The van der Waals surface area contributed by atoms with Crippen LogP contribution in [0.1, 0.15) is 77.6 Å². The third-order valence-corrected chi connectivity index (χ3v) is 8.71. The van der Waals surface area contributed by atoms with Gasteiger partial charge in [-0.15, -0.1) is 0 Å². The van der Waals surface area contributed by atoms with Crippen molar-refractivity contribution in [3.05, 3.63) is 101 Å². The average Bonchev–Trinajstić information content (AvgIpc) is 3.16. The van der Waals surface area contributed by atoms with Gasteiger partial charge in [-0.25, -0.2) is 0 Å². The van der Waals surface area contributed by atoms with Crippen molar-refractivity contribution in [2.75, 3.05) is 0 Å². The molecule has 0 saturated carbocycles. The molecule has 0 radical (unpaired) electrons. The van der Waals surface area contributed by atoms with Gasteiger partial charge in [0.05, 0.1) is 0 Å². The van der Waals surface area contributed by atoms with E-state index in [9.17, 15) is 0 Å². The van der Waals surface area contributed by atoms with Crippen LogP contribution in [0.2, 0.25) is 0 Å². The summed E-state index contributed by atoms with van der Waals surface area (Å²) >= 11 is 0. The summed E-state index contributed by atoms with van der Waals surface area (Å²) < 4.78 is 0. The zero-order valence-electron chi connectivity index (χ0n) is 23.1. The number of hydrogen-bond acceptors (Lipinski definition) is 0. The molecule has 0 bridgehead atoms. The minimum atomic E-state index is -0.0482. The minimum absolute atomic E-state index is 0.0482. The topological polar surface area (TPSA) is 0 Å². The van der Waals surface area contributed by atoms with E-state index in [1.54, 1.807) is 0 Å². The van der Waals surface area contributed by atoms with Crippen LogP contribution in [0.25, 0.3) is 22.3 Å². The van der Waals surface area contributed by atoms with E-state index in [0.29, 0.717) is 6.71 Å². The molecule has 0 N–H and O–H groups in total. The van der Waals surface area contributed by atoms with Crippen LogP contribution in [0.5, 0.6) is 0 Å². The summed E-state index contributed by atoms with van der Waals surface area (Å²) in [5.41, 5.74) is 15.9. The number of rotatable bonds is 1. The molecule has 0 spiro atoms. The summed E-state index contributed by atoms with van der Waals surface area (Å²) in [5, 5.41) is 0. The third kappa shape index (κ3) is 3.35. The fraction of sp³-hybridized carbons (Fsp3) is 0.314. The second-order valence-corrected chi connectivity index (χ2v) is 13.5. The molecule has 0 aliphatic carbocycles. The Morgan fingerprint density at radius 2 is 1.17 bits per heavy atom. The van der Waals surface area contributed by atoms with Crippen LogP contribution < -0.4 is 16.4 Å². The molecule has 1 heteroatoms. The molecule has 0 aromatic heterocycles. The summed E-state index contributed by atoms with van der Waals surface area (Å²) in [4.78, 5) is 0. The van der Waals surface area contributed by atoms with Crippen molar-refractivity contribution in [2.24, 2.45) is 0 Å². The quantitative estimate of drug-likeness (QED) is 0.231. The Hall–Kier alpha value is -3.06. The third-order valence-electron chi connectivity index (χ3n) is 8.71. The Morgan fingerprint density at radius 3 is 1.83 bits per heavy atom. The van der Waals surface area contributed by atoms with Gasteiger partial charge in [-0.05, 0) is 55.3 Å². The standard InChI is InChI=1S/C35H37B/c1-33(2,3)24-15-12-22(13-16-24)23-14-18-31-29(20-23)35(7,8)28-11-9-10-26-27-21-25(34(4,5)6)17-19-30(27)36(31)32(26)28/h9-21H,1-8H3. The number of hydrogen-bond donors (Lipinski definition) is 0. The van der Waals surface area contributed by atoms with Crippen LogP contribution >= 0.6 is 0 Å². The Bertz CT molecular complexity index is 1500. The largest absolute Gasteiger partial charge is 0.243 e. The summed E-state index contributed by atoms with van der Waals surface area (Å²) in [5.74, 6) is 0. The maximum Gasteiger partial charge on any atom is 0.243 e. The highest BCUT2D eigenvalue weighted by molar-refractivity contribution is 7.00. The Morgan fingerprint density at radius 1 is 0.556 bits per heavy atom. The van der Waals surface area contributed by atoms with Gasteiger partial charge in [0.1, 0.15) is 0 Å². The maximum absolute atomic E-state index is 2.47. The van der Waals surface area contributed by atoms with Gasteiger partial charge in [0.2, 0.25) is 6.71 Å². The molecule has 0 saturated heterocycles. The van der Waals surface area contributed by atoms with Crippen molar-refractivity contribution in [1.82, 2.24) is 0 Å². The lowest BCUT2D eigenvalue weighted by molar-refractivity contribution is 0.590. The van der Waals surface area contributed by atoms with Gasteiger partial charge in [0, 0.05) is 5.41 Å². The van der Waals surface area contributed by atoms with Crippen LogP contribution in [0.4, 0.5) is 0 Å². The van der Waals surface area contributed by atoms with E-state index in [2.05, 4.69) is 134 Å². The molecule has 4 aromatic carbocycles. The van der Waals surface area contributed by atoms with E-state index in [1.165, 1.54) is 60.9 Å². The van der Waals surface area contributed by atoms with Crippen molar-refractivity contribution in [1.29, 1.82) is 0 Å². The molecule has 2 aliphatic heterocycles. The van der Waals surface area contributed by atoms with E-state index in [0.717, 1.165) is 0 Å². The molecule has 180 valence electrons. The van der Waals surface area contributed by atoms with Crippen LogP contribution in [-0.4, -0.2) is 6.71 Å². The summed E-state index contributed by atoms with van der Waals surface area (Å²) in [6.07, 6.45) is 0. The van der Waals surface area contributed by atoms with E-state index in [1.807, 2.05) is 0 Å². The number of benzene rings is 4. The lowest BCUT2D eigenvalue weighted by Gasteiger charge is -2.38. The highest BCUT2D eigenvalue weighted by atomic mass is 14.4. The molecule has 4 aromatic rings. The Balaban J connectivity index is 1.53. The molecule has 2 heterocycles. The summed E-state index contributed by atoms with van der Waals surface area (Å²) in [6.45, 7) is 18.9. The molecular formula is C35H37B. The van der Waals surface area contributed by atoms with Crippen LogP contribution in [0, 0.1) is 0 Å². The Kier molecular flexibility index (Phi) is 4.85. The van der Waals surface area contributed by atoms with Crippen molar-refractivity contribution >= 4 is 23.1 Å². The minimum Gasteiger partial charge on any atom is -0.0661 e. The predicted octanol–water partition coefficient (Wildman–Crippen LogP) is 7.08. The molecule has 0 atom stereocenters. The van der Waals surface area contributed by atoms with Crippen molar-refractivity contribution in [3.63, 3.8) is 0 Å². The van der Waals surface area contributed by atoms with E-state index >= 15 is 0 Å². The van der Waals surface area contributed by atoms with Gasteiger partial charge in [-0.2, -0.15) is 0 Å². The molecule has 0 amide bonds. The van der Waals surface area contributed by atoms with E-state index in [4.69, 9.17) is 0 Å². The lowest BCUT2D eigenvalue weighted by Crippen LogP contribution is -2.58. The zero-order valence-corrected chi connectivity index (χ0v) is 23.1. The smallest absolute Gasteiger partial charge is 0.0661 e. The predicted molar refractivity (Wildman–Crippen MR) is 158 cm³/mol. The van der Waals surface area contributed by atoms with Gasteiger partial charge in [-0.3, -0.25) is 0 Å². The van der Waals surface area contributed by atoms with Gasteiger partial charge in [0.25, 0.3) is 0 Å². The summed E-state index contributed by atoms with van der Waals surface area (Å²) in [6, 6.07) is 30.6. The molecule has 6 rings (SSSR count). The first kappa shape index (κ1) is 23.3. The van der Waals surface area contributed by atoms with E-state index in [-0.39, 0.29) is 16.2 Å².